The molecule has 1 atom stereocenters. The third-order valence-electron chi connectivity index (χ3n) is 3.59. The van der Waals surface area contributed by atoms with Gasteiger partial charge in [-0.05, 0) is 40.0 Å². The second-order valence-electron chi connectivity index (χ2n) is 5.99. The zero-order valence-electron chi connectivity index (χ0n) is 14.2. The average Bonchev–Trinajstić information content (AvgIpc) is 2.54. The number of nitrogens with one attached hydrogen (secondary N) is 2. The zero-order chi connectivity index (χ0) is 18.6. The van der Waals surface area contributed by atoms with Crippen molar-refractivity contribution >= 4 is 43.2 Å². The summed E-state index contributed by atoms with van der Waals surface area (Å²) in [5.74, 6) is 1.08. The zero-order valence-corrected chi connectivity index (χ0v) is 16.6. The summed E-state index contributed by atoms with van der Waals surface area (Å²) < 4.78 is 24.0. The number of anilines is 3. The number of hydrogen-bond acceptors (Lipinski definition) is 7. The number of aromatic nitrogens is 2. The molecule has 0 aliphatic heterocycles. The van der Waals surface area contributed by atoms with E-state index in [1.54, 1.807) is 18.3 Å². The van der Waals surface area contributed by atoms with Crippen LogP contribution < -0.4 is 10.6 Å². The van der Waals surface area contributed by atoms with Gasteiger partial charge in [-0.2, -0.15) is 4.98 Å². The van der Waals surface area contributed by atoms with Gasteiger partial charge in [-0.15, -0.1) is 0 Å². The Labute approximate surface area is 156 Å². The van der Waals surface area contributed by atoms with E-state index in [4.69, 9.17) is 0 Å². The maximum atomic E-state index is 11.7. The van der Waals surface area contributed by atoms with Gasteiger partial charge in [-0.1, -0.05) is 19.9 Å². The van der Waals surface area contributed by atoms with Gasteiger partial charge in [0.2, 0.25) is 5.95 Å². The Morgan fingerprint density at radius 3 is 2.64 bits per heavy atom. The van der Waals surface area contributed by atoms with Crippen molar-refractivity contribution in [1.82, 2.24) is 9.97 Å². The molecule has 0 bridgehead atoms. The largest absolute Gasteiger partial charge is 0.394 e. The lowest BCUT2D eigenvalue weighted by atomic mass is 10.1. The van der Waals surface area contributed by atoms with E-state index in [0.29, 0.717) is 21.9 Å². The van der Waals surface area contributed by atoms with Crippen molar-refractivity contribution in [2.75, 3.05) is 23.5 Å². The van der Waals surface area contributed by atoms with Crippen molar-refractivity contribution in [2.24, 2.45) is 5.92 Å². The lowest BCUT2D eigenvalue weighted by Crippen LogP contribution is -2.30. The second kappa shape index (κ2) is 8.11. The molecular formula is C16H21BrN4O3S. The van der Waals surface area contributed by atoms with E-state index < -0.39 is 9.84 Å². The topological polar surface area (TPSA) is 104 Å². The molecule has 3 N–H and O–H groups in total. The molecule has 1 heterocycles. The fourth-order valence-electron chi connectivity index (χ4n) is 2.06. The summed E-state index contributed by atoms with van der Waals surface area (Å²) in [5.41, 5.74) is 0.568. The molecule has 2 aromatic rings. The minimum Gasteiger partial charge on any atom is -0.394 e. The number of halogens is 1. The molecule has 0 saturated heterocycles. The first-order valence-corrected chi connectivity index (χ1v) is 10.4. The Hall–Kier alpha value is -1.71. The molecule has 0 radical (unpaired) electrons. The first-order valence-electron chi connectivity index (χ1n) is 7.67. The standard InChI is InChI=1S/C16H21BrN4O3S/c1-10(2)14(9-22)20-15-13(17)8-18-16(21-15)19-11-5-4-6-12(7-11)25(3,23)24/h4-8,10,14,22H,9H2,1-3H3,(H2,18,19,20,21)/t14-/m0/s1. The summed E-state index contributed by atoms with van der Waals surface area (Å²) in [5, 5.41) is 15.6. The van der Waals surface area contributed by atoms with Crippen LogP contribution in [0.4, 0.5) is 17.5 Å². The van der Waals surface area contributed by atoms with Crippen molar-refractivity contribution in [3.05, 3.63) is 34.9 Å². The lowest BCUT2D eigenvalue weighted by Gasteiger charge is -2.21. The average molecular weight is 429 g/mol. The van der Waals surface area contributed by atoms with Gasteiger partial charge < -0.3 is 15.7 Å². The SMILES string of the molecule is CC(C)[C@H](CO)Nc1nc(Nc2cccc(S(C)(=O)=O)c2)ncc1Br. The van der Waals surface area contributed by atoms with Gasteiger partial charge in [0.15, 0.2) is 9.84 Å². The Morgan fingerprint density at radius 1 is 1.32 bits per heavy atom. The molecule has 2 rings (SSSR count). The number of benzene rings is 1. The molecule has 9 heteroatoms. The van der Waals surface area contributed by atoms with E-state index in [1.165, 1.54) is 12.1 Å². The molecule has 1 aromatic heterocycles. The number of aliphatic hydroxyl groups is 1. The van der Waals surface area contributed by atoms with Gasteiger partial charge in [0, 0.05) is 18.1 Å². The van der Waals surface area contributed by atoms with Crippen LogP contribution in [0.15, 0.2) is 39.8 Å². The molecule has 0 aliphatic carbocycles. The maximum absolute atomic E-state index is 11.7. The van der Waals surface area contributed by atoms with Crippen molar-refractivity contribution in [2.45, 2.75) is 24.8 Å². The van der Waals surface area contributed by atoms with Gasteiger partial charge in [0.25, 0.3) is 0 Å². The van der Waals surface area contributed by atoms with Crippen LogP contribution in [-0.4, -0.2) is 42.4 Å². The molecule has 0 amide bonds. The maximum Gasteiger partial charge on any atom is 0.229 e. The highest BCUT2D eigenvalue weighted by atomic mass is 79.9. The normalized spacial score (nSPS) is 12.9. The summed E-state index contributed by atoms with van der Waals surface area (Å²) >= 11 is 3.38. The first kappa shape index (κ1) is 19.6. The predicted molar refractivity (Wildman–Crippen MR) is 102 cm³/mol. The number of aliphatic hydroxyl groups excluding tert-OH is 1. The molecule has 0 unspecified atom stereocenters. The van der Waals surface area contributed by atoms with Crippen LogP contribution in [0.1, 0.15) is 13.8 Å². The second-order valence-corrected chi connectivity index (χ2v) is 8.86. The van der Waals surface area contributed by atoms with E-state index in [9.17, 15) is 13.5 Å². The Bertz CT molecular complexity index is 843. The summed E-state index contributed by atoms with van der Waals surface area (Å²) in [6.07, 6.45) is 2.75. The van der Waals surface area contributed by atoms with Crippen molar-refractivity contribution in [1.29, 1.82) is 0 Å². The highest BCUT2D eigenvalue weighted by Gasteiger charge is 2.15. The fraction of sp³-hybridized carbons (Fsp3) is 0.375. The molecule has 0 aliphatic rings. The van der Waals surface area contributed by atoms with Crippen LogP contribution in [-0.2, 0) is 9.84 Å². The van der Waals surface area contributed by atoms with Gasteiger partial charge in [-0.3, -0.25) is 0 Å². The first-order chi connectivity index (χ1) is 11.7. The number of rotatable bonds is 7. The number of nitrogens with zero attached hydrogens (tertiary/aromatic N) is 2. The van der Waals surface area contributed by atoms with Gasteiger partial charge in [0.05, 0.1) is 22.0 Å². The molecule has 0 saturated carbocycles. The van der Waals surface area contributed by atoms with Gasteiger partial charge in [-0.25, -0.2) is 13.4 Å². The van der Waals surface area contributed by atoms with Crippen LogP contribution in [0.3, 0.4) is 0 Å². The smallest absolute Gasteiger partial charge is 0.229 e. The third-order valence-corrected chi connectivity index (χ3v) is 5.28. The molecule has 0 fully saturated rings. The van der Waals surface area contributed by atoms with E-state index in [1.807, 2.05) is 13.8 Å². The van der Waals surface area contributed by atoms with E-state index in [2.05, 4.69) is 36.5 Å². The van der Waals surface area contributed by atoms with Crippen LogP contribution in [0.25, 0.3) is 0 Å². The van der Waals surface area contributed by atoms with E-state index in [0.717, 1.165) is 6.26 Å². The summed E-state index contributed by atoms with van der Waals surface area (Å²) in [6.45, 7) is 3.98. The van der Waals surface area contributed by atoms with Gasteiger partial charge >= 0.3 is 0 Å². The number of sulfone groups is 1. The monoisotopic (exact) mass is 428 g/mol. The van der Waals surface area contributed by atoms with Crippen LogP contribution in [0, 0.1) is 5.92 Å². The summed E-state index contributed by atoms with van der Waals surface area (Å²) in [6, 6.07) is 6.30. The van der Waals surface area contributed by atoms with E-state index >= 15 is 0 Å². The minimum atomic E-state index is -3.29. The Morgan fingerprint density at radius 2 is 2.04 bits per heavy atom. The molecule has 25 heavy (non-hydrogen) atoms. The van der Waals surface area contributed by atoms with Crippen molar-refractivity contribution in [3.63, 3.8) is 0 Å². The van der Waals surface area contributed by atoms with Gasteiger partial charge in [0.1, 0.15) is 5.82 Å². The predicted octanol–water partition coefficient (Wildman–Crippen LogP) is 2.82. The Balaban J connectivity index is 2.25. The molecule has 0 spiro atoms. The summed E-state index contributed by atoms with van der Waals surface area (Å²) in [4.78, 5) is 8.79. The van der Waals surface area contributed by atoms with Crippen LogP contribution in [0.2, 0.25) is 0 Å². The van der Waals surface area contributed by atoms with Crippen molar-refractivity contribution in [3.8, 4) is 0 Å². The molecular weight excluding hydrogens is 408 g/mol. The highest BCUT2D eigenvalue weighted by molar-refractivity contribution is 9.10. The van der Waals surface area contributed by atoms with Crippen LogP contribution in [0.5, 0.6) is 0 Å². The highest BCUT2D eigenvalue weighted by Crippen LogP contribution is 2.24. The third kappa shape index (κ3) is 5.38. The molecule has 7 nitrogen and oxygen atoms in total. The fourth-order valence-corrected chi connectivity index (χ4v) is 3.03. The quantitative estimate of drug-likeness (QED) is 0.622. The molecule has 1 aromatic carbocycles. The number of hydrogen-bond donors (Lipinski definition) is 3. The van der Waals surface area contributed by atoms with Crippen LogP contribution >= 0.6 is 15.9 Å². The molecule has 136 valence electrons. The van der Waals surface area contributed by atoms with E-state index in [-0.39, 0.29) is 23.5 Å². The lowest BCUT2D eigenvalue weighted by molar-refractivity contribution is 0.249. The Kier molecular flexibility index (Phi) is 6.36. The summed E-state index contributed by atoms with van der Waals surface area (Å²) in [7, 11) is -3.29. The minimum absolute atomic E-state index is 0.0206. The van der Waals surface area contributed by atoms with Crippen molar-refractivity contribution < 1.29 is 13.5 Å².